The van der Waals surface area contributed by atoms with Gasteiger partial charge in [-0.2, -0.15) is 0 Å². The smallest absolute Gasteiger partial charge is 0.217 e. The molecule has 1 fully saturated rings. The highest BCUT2D eigenvalue weighted by molar-refractivity contribution is 7.09. The van der Waals surface area contributed by atoms with Crippen molar-refractivity contribution < 1.29 is 4.79 Å². The number of carbonyl (C=O) groups excluding carboxylic acids is 1. The summed E-state index contributed by atoms with van der Waals surface area (Å²) in [6, 6.07) is 0.345. The van der Waals surface area contributed by atoms with Gasteiger partial charge in [0, 0.05) is 31.4 Å². The lowest BCUT2D eigenvalue weighted by Crippen LogP contribution is -2.35. The van der Waals surface area contributed by atoms with E-state index in [-0.39, 0.29) is 5.91 Å². The van der Waals surface area contributed by atoms with Crippen LogP contribution in [0.3, 0.4) is 0 Å². The molecule has 0 spiro atoms. The van der Waals surface area contributed by atoms with Crippen LogP contribution in [0.15, 0.2) is 5.38 Å². The normalized spacial score (nSPS) is 19.4. The zero-order chi connectivity index (χ0) is 14.4. The predicted molar refractivity (Wildman–Crippen MR) is 83.3 cm³/mol. The molecule has 1 amide bonds. The number of hydrogen-bond donors (Lipinski definition) is 1. The van der Waals surface area contributed by atoms with E-state index < -0.39 is 0 Å². The van der Waals surface area contributed by atoms with E-state index in [2.05, 4.69) is 15.2 Å². The Kier molecular flexibility index (Phi) is 6.26. The van der Waals surface area contributed by atoms with Crippen LogP contribution in [0.4, 0.5) is 0 Å². The van der Waals surface area contributed by atoms with Crippen LogP contribution in [0.1, 0.15) is 36.9 Å². The molecule has 1 unspecified atom stereocenters. The van der Waals surface area contributed by atoms with E-state index in [0.717, 1.165) is 44.6 Å². The lowest BCUT2D eigenvalue weighted by atomic mass is 10.2. The highest BCUT2D eigenvalue weighted by atomic mass is 35.5. The molecule has 0 aromatic carbocycles. The molecule has 4 nitrogen and oxygen atoms in total. The molecule has 0 saturated carbocycles. The Hall–Kier alpha value is -0.650. The Labute approximate surface area is 129 Å². The molecule has 1 saturated heterocycles. The lowest BCUT2D eigenvalue weighted by Gasteiger charge is -2.15. The molecule has 0 aliphatic carbocycles. The number of aryl methyl sites for hydroxylation is 1. The number of thiazole rings is 1. The molecule has 1 aliphatic rings. The number of rotatable bonds is 7. The molecule has 1 aromatic heterocycles. The number of halogens is 1. The van der Waals surface area contributed by atoms with Crippen molar-refractivity contribution in [1.82, 2.24) is 15.2 Å². The number of likely N-dealkylation sites (tertiary alicyclic amines) is 1. The molecule has 20 heavy (non-hydrogen) atoms. The third-order valence-electron chi connectivity index (χ3n) is 3.53. The number of hydrogen-bond acceptors (Lipinski definition) is 4. The van der Waals surface area contributed by atoms with Gasteiger partial charge in [-0.05, 0) is 32.2 Å². The fourth-order valence-corrected chi connectivity index (χ4v) is 3.65. The Morgan fingerprint density at radius 1 is 1.60 bits per heavy atom. The van der Waals surface area contributed by atoms with Gasteiger partial charge in [0.2, 0.25) is 5.91 Å². The third-order valence-corrected chi connectivity index (χ3v) is 4.76. The second-order valence-corrected chi connectivity index (χ2v) is 6.52. The van der Waals surface area contributed by atoms with Crippen LogP contribution < -0.4 is 5.32 Å². The number of unbranched alkanes of at least 4 members (excludes halogenated alkanes) is 1. The average Bonchev–Trinajstić information content (AvgIpc) is 3.03. The summed E-state index contributed by atoms with van der Waals surface area (Å²) in [5.74, 6) is 0.588. The highest BCUT2D eigenvalue weighted by Gasteiger charge is 2.22. The zero-order valence-corrected chi connectivity index (χ0v) is 13.5. The summed E-state index contributed by atoms with van der Waals surface area (Å²) in [7, 11) is 0. The summed E-state index contributed by atoms with van der Waals surface area (Å²) in [6.45, 7) is 4.79. The minimum Gasteiger partial charge on any atom is -0.352 e. The van der Waals surface area contributed by atoms with Crippen molar-refractivity contribution in [3.8, 4) is 0 Å². The van der Waals surface area contributed by atoms with E-state index in [1.54, 1.807) is 18.3 Å². The minimum absolute atomic E-state index is 0.0794. The van der Waals surface area contributed by atoms with Crippen molar-refractivity contribution >= 4 is 28.8 Å². The fraction of sp³-hybridized carbons (Fsp3) is 0.714. The second-order valence-electron chi connectivity index (χ2n) is 5.31. The topological polar surface area (TPSA) is 45.2 Å². The third kappa shape index (κ3) is 5.04. The molecule has 0 bridgehead atoms. The molecule has 1 atom stereocenters. The van der Waals surface area contributed by atoms with Gasteiger partial charge in [0.1, 0.15) is 0 Å². The van der Waals surface area contributed by atoms with Gasteiger partial charge in [-0.3, -0.25) is 4.79 Å². The van der Waals surface area contributed by atoms with Gasteiger partial charge in [-0.25, -0.2) is 4.98 Å². The van der Waals surface area contributed by atoms with Crippen molar-refractivity contribution in [3.63, 3.8) is 0 Å². The van der Waals surface area contributed by atoms with Gasteiger partial charge in [0.05, 0.1) is 16.6 Å². The van der Waals surface area contributed by atoms with Crippen LogP contribution in [0.5, 0.6) is 0 Å². The number of carbonyl (C=O) groups is 1. The molecular formula is C14H22ClN3OS. The maximum absolute atomic E-state index is 11.0. The highest BCUT2D eigenvalue weighted by Crippen LogP contribution is 2.15. The van der Waals surface area contributed by atoms with Gasteiger partial charge in [0.25, 0.3) is 0 Å². The maximum Gasteiger partial charge on any atom is 0.217 e. The number of amides is 1. The molecule has 0 radical (unpaired) electrons. The second kappa shape index (κ2) is 7.96. The van der Waals surface area contributed by atoms with Gasteiger partial charge < -0.3 is 10.2 Å². The number of alkyl halides is 1. The summed E-state index contributed by atoms with van der Waals surface area (Å²) in [4.78, 5) is 17.9. The predicted octanol–water partition coefficient (Wildman–Crippen LogP) is 2.42. The van der Waals surface area contributed by atoms with Crippen molar-refractivity contribution in [2.24, 2.45) is 0 Å². The van der Waals surface area contributed by atoms with Gasteiger partial charge in [0.15, 0.2) is 0 Å². The monoisotopic (exact) mass is 315 g/mol. The Morgan fingerprint density at radius 2 is 2.45 bits per heavy atom. The van der Waals surface area contributed by atoms with Crippen LogP contribution in [0.25, 0.3) is 0 Å². The first kappa shape index (κ1) is 15.7. The lowest BCUT2D eigenvalue weighted by molar-refractivity contribution is -0.119. The first-order valence-electron chi connectivity index (χ1n) is 7.16. The largest absolute Gasteiger partial charge is 0.352 e. The Bertz CT molecular complexity index is 438. The van der Waals surface area contributed by atoms with Crippen LogP contribution in [-0.4, -0.2) is 41.5 Å². The van der Waals surface area contributed by atoms with E-state index >= 15 is 0 Å². The summed E-state index contributed by atoms with van der Waals surface area (Å²) in [5, 5.41) is 6.23. The van der Waals surface area contributed by atoms with E-state index in [9.17, 15) is 4.79 Å². The summed E-state index contributed by atoms with van der Waals surface area (Å²) >= 11 is 7.45. The number of nitrogens with one attached hydrogen (secondary N) is 1. The van der Waals surface area contributed by atoms with Gasteiger partial charge in [-0.15, -0.1) is 22.9 Å². The van der Waals surface area contributed by atoms with Crippen molar-refractivity contribution in [2.45, 2.75) is 44.5 Å². The van der Waals surface area contributed by atoms with Gasteiger partial charge >= 0.3 is 0 Å². The molecule has 1 N–H and O–H groups in total. The first-order valence-corrected chi connectivity index (χ1v) is 8.57. The molecule has 1 aliphatic heterocycles. The molecular weight excluding hydrogens is 294 g/mol. The Morgan fingerprint density at radius 3 is 3.15 bits per heavy atom. The number of aromatic nitrogens is 1. The molecule has 2 heterocycles. The number of nitrogens with zero attached hydrogens (tertiary/aromatic N) is 2. The fourth-order valence-electron chi connectivity index (χ4n) is 2.58. The molecule has 6 heteroatoms. The maximum atomic E-state index is 11.0. The standard InChI is InChI=1S/C14H22ClN3OS/c1-11(19)16-12-5-7-18(9-12)6-3-2-4-14-17-13(8-15)10-20-14/h10,12H,2-9H2,1H3,(H,16,19). The van der Waals surface area contributed by atoms with Gasteiger partial charge in [-0.1, -0.05) is 0 Å². The van der Waals surface area contributed by atoms with Crippen LogP contribution in [0.2, 0.25) is 0 Å². The molecule has 112 valence electrons. The average molecular weight is 316 g/mol. The van der Waals surface area contributed by atoms with Crippen LogP contribution >= 0.6 is 22.9 Å². The van der Waals surface area contributed by atoms with E-state index in [4.69, 9.17) is 11.6 Å². The van der Waals surface area contributed by atoms with Crippen LogP contribution in [0, 0.1) is 0 Å². The summed E-state index contributed by atoms with van der Waals surface area (Å²) < 4.78 is 0. The van der Waals surface area contributed by atoms with Crippen molar-refractivity contribution in [2.75, 3.05) is 19.6 Å². The van der Waals surface area contributed by atoms with E-state index in [1.807, 2.05) is 5.38 Å². The zero-order valence-electron chi connectivity index (χ0n) is 11.9. The summed E-state index contributed by atoms with van der Waals surface area (Å²) in [6.07, 6.45) is 4.47. The van der Waals surface area contributed by atoms with E-state index in [1.165, 1.54) is 11.4 Å². The minimum atomic E-state index is 0.0794. The Balaban J connectivity index is 1.58. The SMILES string of the molecule is CC(=O)NC1CCN(CCCCc2nc(CCl)cs2)C1. The quantitative estimate of drug-likeness (QED) is 0.621. The van der Waals surface area contributed by atoms with Crippen molar-refractivity contribution in [1.29, 1.82) is 0 Å². The van der Waals surface area contributed by atoms with E-state index in [0.29, 0.717) is 11.9 Å². The molecule has 1 aromatic rings. The summed E-state index contributed by atoms with van der Waals surface area (Å²) in [5.41, 5.74) is 0.990. The van der Waals surface area contributed by atoms with Crippen LogP contribution in [-0.2, 0) is 17.1 Å². The first-order chi connectivity index (χ1) is 9.67. The molecule has 2 rings (SSSR count). The van der Waals surface area contributed by atoms with Crippen molar-refractivity contribution in [3.05, 3.63) is 16.1 Å².